The number of carbonyl (C=O) groups excluding carboxylic acids is 5. The first-order chi connectivity index (χ1) is 70.1. The molecule has 0 atom stereocenters. The zero-order valence-electron chi connectivity index (χ0n) is 83.5. The van der Waals surface area contributed by atoms with Crippen LogP contribution < -0.4 is 0 Å². The van der Waals surface area contributed by atoms with Crippen molar-refractivity contribution in [3.05, 3.63) is 478 Å². The molecule has 0 amide bonds. The van der Waals surface area contributed by atoms with Crippen molar-refractivity contribution >= 4 is 170 Å². The molecule has 18 aromatic carbocycles. The monoisotopic (exact) mass is 2860 g/mol. The molecule has 0 saturated heterocycles. The Morgan fingerprint density at radius 1 is 0.233 bits per heavy atom. The molecular weight excluding hydrogens is 2750 g/mol. The van der Waals surface area contributed by atoms with Crippen LogP contribution in [0.3, 0.4) is 0 Å². The number of para-hydroxylation sites is 5. The minimum absolute atomic E-state index is 0. The maximum atomic E-state index is 10.0. The summed E-state index contributed by atoms with van der Waals surface area (Å²) in [4.78, 5) is 74.1. The predicted octanol–water partition coefficient (Wildman–Crippen LogP) is 32.3. The van der Waals surface area contributed by atoms with Crippen molar-refractivity contribution in [3.63, 3.8) is 0 Å². The number of pyridine rings is 5. The van der Waals surface area contributed by atoms with Crippen LogP contribution in [0.25, 0.3) is 197 Å². The predicted molar refractivity (Wildman–Crippen MR) is 597 cm³/mol. The van der Waals surface area contributed by atoms with E-state index in [0.717, 1.165) is 110 Å². The van der Waals surface area contributed by atoms with Crippen LogP contribution in [0.1, 0.15) is 69.2 Å². The number of benzene rings is 18. The number of fused-ring (bicyclic) bond motifs is 12. The van der Waals surface area contributed by atoms with Gasteiger partial charge in [0.2, 0.25) is 0 Å². The molecule has 23 rings (SSSR count). The Morgan fingerprint density at radius 2 is 0.600 bits per heavy atom. The van der Waals surface area contributed by atoms with E-state index in [1.807, 2.05) is 115 Å². The van der Waals surface area contributed by atoms with E-state index in [4.69, 9.17) is 50.5 Å². The topological polar surface area (TPSA) is 251 Å². The molecule has 0 aliphatic rings. The Kier molecular flexibility index (Phi) is 45.6. The number of allylic oxidation sites excluding steroid dienone is 10. The summed E-state index contributed by atoms with van der Waals surface area (Å²) >= 11 is 0. The van der Waals surface area contributed by atoms with Gasteiger partial charge in [-0.15, -0.1) is 129 Å². The maximum Gasteiger partial charge on any atom is 0.155 e. The molecule has 0 unspecified atom stereocenters. The third-order valence-electron chi connectivity index (χ3n) is 22.6. The smallest absolute Gasteiger partial charge is 0.155 e. The van der Waals surface area contributed by atoms with Gasteiger partial charge in [-0.05, 0) is 171 Å². The molecule has 23 aromatic rings. The molecule has 150 heavy (non-hydrogen) atoms. The average molecular weight is 2860 g/mol. The van der Waals surface area contributed by atoms with Crippen molar-refractivity contribution in [2.24, 2.45) is 0 Å². The van der Waals surface area contributed by atoms with E-state index < -0.39 is 0 Å². The number of aliphatic hydroxyl groups excluding tert-OH is 5. The molecule has 15 nitrogen and oxygen atoms in total. The number of nitrogens with zero attached hydrogens (tertiary/aromatic N) is 5. The molecule has 759 valence electrons. The summed E-state index contributed by atoms with van der Waals surface area (Å²) < 4.78 is 0. The van der Waals surface area contributed by atoms with Crippen molar-refractivity contribution in [2.45, 2.75) is 69.2 Å². The maximum absolute atomic E-state index is 10.0. The van der Waals surface area contributed by atoms with Crippen LogP contribution in [0.5, 0.6) is 0 Å². The normalized spacial score (nSPS) is 10.9. The van der Waals surface area contributed by atoms with Crippen LogP contribution in [-0.2, 0) is 124 Å². The Hall–Kier alpha value is -15.4. The average Bonchev–Trinajstić information content (AvgIpc) is 0.720. The Labute approximate surface area is 939 Å². The number of hydrogen-bond donors (Lipinski definition) is 5. The van der Waals surface area contributed by atoms with E-state index >= 15 is 0 Å². The summed E-state index contributed by atoms with van der Waals surface area (Å²) in [7, 11) is 0. The first-order valence-electron chi connectivity index (χ1n) is 47.0. The largest absolute Gasteiger partial charge is 0.512 e. The number of hydrogen-bond acceptors (Lipinski definition) is 15. The van der Waals surface area contributed by atoms with Crippen LogP contribution in [0.2, 0.25) is 0 Å². The molecule has 0 fully saturated rings. The van der Waals surface area contributed by atoms with Crippen LogP contribution in [0, 0.1) is 30.3 Å². The van der Waals surface area contributed by atoms with Gasteiger partial charge in [0.05, 0.1) is 56.4 Å². The van der Waals surface area contributed by atoms with Gasteiger partial charge in [-0.3, -0.25) is 48.9 Å². The summed E-state index contributed by atoms with van der Waals surface area (Å²) in [6.07, 6.45) is 5.83. The van der Waals surface area contributed by atoms with Crippen LogP contribution in [-0.4, -0.2) is 79.4 Å². The van der Waals surface area contributed by atoms with Gasteiger partial charge in [0, 0.05) is 137 Å². The van der Waals surface area contributed by atoms with Crippen molar-refractivity contribution in [3.8, 4) is 56.2 Å². The van der Waals surface area contributed by atoms with E-state index in [-0.39, 0.29) is 158 Å². The second kappa shape index (κ2) is 57.8. The number of rotatable bonds is 10. The molecule has 5 aromatic heterocycles. The molecule has 20 heteroatoms. The second-order valence-electron chi connectivity index (χ2n) is 34.3. The summed E-state index contributed by atoms with van der Waals surface area (Å²) in [5.74, 6) is -0.312. The minimum atomic E-state index is -0.125. The SMILES string of the molecule is CC(=O)C=C(C)O.CC(=O)C=C(C)O.CC(=O)C=C(C)O.CC(=O)C=C(C)O.CC(=O)C=C(C)O.[Ir].[Ir].[Ir].[Ir].[Ir].[c-]1c(-c2ccc3ccccc3n2)c2ccccc2c2ccccc12.[c-]1cc(-c2ccccc2)ccc1-c1ccc2ccccc2n1.[c-]1cc2ccc3cccc4ccc(c1-c1ccc5ccccc5n1)c2c34.[c-]1ccc2ccccc2c1-c1ccc2ccccc2n1.[c-]1cccc2ccc3cc4ccccc4nc3c12. The van der Waals surface area contributed by atoms with Gasteiger partial charge in [0.25, 0.3) is 0 Å². The first kappa shape index (κ1) is 118. The van der Waals surface area contributed by atoms with E-state index in [1.165, 1.54) is 186 Å². The minimum Gasteiger partial charge on any atom is -0.512 e. The zero-order chi connectivity index (χ0) is 102. The summed E-state index contributed by atoms with van der Waals surface area (Å²) in [6.45, 7) is 14.2. The molecule has 0 bridgehead atoms. The fourth-order valence-electron chi connectivity index (χ4n) is 16.5. The van der Waals surface area contributed by atoms with Crippen molar-refractivity contribution in [1.82, 2.24) is 24.9 Å². The zero-order valence-corrected chi connectivity index (χ0v) is 95.5. The third kappa shape index (κ3) is 32.6. The second-order valence-corrected chi connectivity index (χ2v) is 34.3. The fraction of sp³-hybridized carbons (Fsp3) is 0.0769. The molecular formula is C130H104Ir5N5O10-5. The van der Waals surface area contributed by atoms with Gasteiger partial charge >= 0.3 is 0 Å². The Balaban J connectivity index is 0.000000192. The molecule has 0 aliphatic heterocycles. The summed E-state index contributed by atoms with van der Waals surface area (Å²) in [5, 5.41) is 66.0. The number of aliphatic hydroxyl groups is 5. The van der Waals surface area contributed by atoms with Gasteiger partial charge < -0.3 is 25.5 Å². The summed E-state index contributed by atoms with van der Waals surface area (Å²) in [6, 6.07) is 151. The standard InChI is InChI=1S/C25H14N.C23H14N.C21H14N.C19H12N.C17H10N.5C5H8O2.5Ir/c1-2-7-22-16(4-1)12-15-23(26-22)20-13-10-19-9-8-17-5-3-6-18-11-14-21(20)25(19)24(17)18;1-3-9-18-17(8-1)15-21(20-11-5-4-10-19(18)20)23-14-13-16-7-2-6-12-22(16)24-23;1-2-6-16(7-3-1)17-10-12-19(13-11-17)21-15-14-18-8-4-5-9-20(18)22-21;1-3-9-16-14(6-1)8-5-10-17(16)19-13-12-15-7-2-4-11-18(15)20-19;1-3-7-15-12(5-1)9-10-14-11-13-6-2-4-8-16(13)18-17(14)15;5*1-4(6)3-5(2)7;;;;;/h1-12,14-15H;1-14H;1-12,14-15H;1-9,11-13H;1-6,8-11H;5*3,6H,1-2H3;;;;;/q5*-1;;;;;;;;;;. The van der Waals surface area contributed by atoms with Gasteiger partial charge in [0.15, 0.2) is 28.9 Å². The van der Waals surface area contributed by atoms with Gasteiger partial charge in [-0.2, -0.15) is 0 Å². The fourth-order valence-corrected chi connectivity index (χ4v) is 16.5. The van der Waals surface area contributed by atoms with Crippen LogP contribution in [0.15, 0.2) is 447 Å². The van der Waals surface area contributed by atoms with Gasteiger partial charge in [-0.1, -0.05) is 352 Å². The molecule has 5 heterocycles. The number of aromatic nitrogens is 5. The summed E-state index contributed by atoms with van der Waals surface area (Å²) in [5.41, 5.74) is 16.6. The molecule has 0 aliphatic carbocycles. The van der Waals surface area contributed by atoms with E-state index in [9.17, 15) is 24.0 Å². The Morgan fingerprint density at radius 3 is 1.07 bits per heavy atom. The first-order valence-corrected chi connectivity index (χ1v) is 47.0. The van der Waals surface area contributed by atoms with Gasteiger partial charge in [0.1, 0.15) is 0 Å². The molecule has 0 spiro atoms. The molecule has 5 radical (unpaired) electrons. The Bertz CT molecular complexity index is 8630. The van der Waals surface area contributed by atoms with E-state index in [1.54, 1.807) is 0 Å². The van der Waals surface area contributed by atoms with Crippen LogP contribution >= 0.6 is 0 Å². The molecule has 5 N–H and O–H groups in total. The number of ketones is 5. The van der Waals surface area contributed by atoms with E-state index in [0.29, 0.717) is 0 Å². The molecule has 0 saturated carbocycles. The van der Waals surface area contributed by atoms with Crippen molar-refractivity contribution < 1.29 is 150 Å². The third-order valence-corrected chi connectivity index (χ3v) is 22.6. The van der Waals surface area contributed by atoms with Crippen LogP contribution in [0.4, 0.5) is 0 Å². The van der Waals surface area contributed by atoms with E-state index in [2.05, 4.69) is 303 Å². The quantitative estimate of drug-likeness (QED) is 0.0281. The van der Waals surface area contributed by atoms with Crippen molar-refractivity contribution in [1.29, 1.82) is 0 Å². The van der Waals surface area contributed by atoms with Gasteiger partial charge in [-0.25, -0.2) is 0 Å². The number of carbonyl (C=O) groups is 5. The van der Waals surface area contributed by atoms with Crippen molar-refractivity contribution in [2.75, 3.05) is 0 Å².